The van der Waals surface area contributed by atoms with Gasteiger partial charge in [-0.3, -0.25) is 0 Å². The summed E-state index contributed by atoms with van der Waals surface area (Å²) in [4.78, 5) is 0. The Balaban J connectivity index is 2.58. The fraction of sp³-hybridized carbons (Fsp3) is 0.600. The average molecular weight is 182 g/mol. The topological polar surface area (TPSA) is 9.23 Å². The molecule has 0 spiro atoms. The molecule has 0 amide bonds. The van der Waals surface area contributed by atoms with E-state index in [-0.39, 0.29) is 0 Å². The lowest BCUT2D eigenvalue weighted by atomic mass is 10.5. The van der Waals surface area contributed by atoms with Gasteiger partial charge in [0.1, 0.15) is 0 Å². The van der Waals surface area contributed by atoms with Crippen molar-refractivity contribution in [3.8, 4) is 0 Å². The first kappa shape index (κ1) is 9.74. The zero-order valence-electron chi connectivity index (χ0n) is 8.37. The van der Waals surface area contributed by atoms with Gasteiger partial charge in [0.05, 0.1) is 0 Å². The minimum Gasteiger partial charge on any atom is -0.414 e. The van der Waals surface area contributed by atoms with E-state index in [2.05, 4.69) is 51.2 Å². The molecule has 0 bridgehead atoms. The van der Waals surface area contributed by atoms with Crippen molar-refractivity contribution in [2.24, 2.45) is 0 Å². The molecule has 1 nitrogen and oxygen atoms in total. The van der Waals surface area contributed by atoms with Crippen molar-refractivity contribution in [2.75, 3.05) is 0 Å². The van der Waals surface area contributed by atoms with Crippen LogP contribution in [0.25, 0.3) is 0 Å². The van der Waals surface area contributed by atoms with Gasteiger partial charge in [-0.2, -0.15) is 0 Å². The summed E-state index contributed by atoms with van der Waals surface area (Å²) in [7, 11) is -1.51. The van der Waals surface area contributed by atoms with Gasteiger partial charge in [-0.05, 0) is 26.9 Å². The molecule has 0 aromatic heterocycles. The third kappa shape index (κ3) is 2.32. The van der Waals surface area contributed by atoms with Crippen LogP contribution >= 0.6 is 0 Å². The third-order valence-electron chi connectivity index (χ3n) is 2.09. The molecule has 1 aliphatic rings. The van der Waals surface area contributed by atoms with Crippen molar-refractivity contribution in [1.82, 2.24) is 0 Å². The zero-order chi connectivity index (χ0) is 9.19. The third-order valence-corrected chi connectivity index (χ3v) is 5.16. The smallest absolute Gasteiger partial charge is 0.197 e. The minimum absolute atomic E-state index is 0.356. The normalized spacial score (nSPS) is 18.1. The Bertz CT molecular complexity index is 192. The Morgan fingerprint density at radius 2 is 1.67 bits per heavy atom. The minimum atomic E-state index is -1.51. The van der Waals surface area contributed by atoms with Crippen LogP contribution in [-0.4, -0.2) is 14.4 Å². The molecule has 0 fully saturated rings. The average Bonchev–Trinajstić information content (AvgIpc) is 2.32. The van der Waals surface area contributed by atoms with Crippen molar-refractivity contribution in [1.29, 1.82) is 0 Å². The Kier molecular flexibility index (Phi) is 2.91. The number of allylic oxidation sites excluding steroid dienone is 4. The molecule has 1 rings (SSSR count). The van der Waals surface area contributed by atoms with Gasteiger partial charge < -0.3 is 4.43 Å². The summed E-state index contributed by atoms with van der Waals surface area (Å²) < 4.78 is 5.96. The molecule has 0 aromatic rings. The molecule has 0 aromatic carbocycles. The van der Waals surface area contributed by atoms with E-state index >= 15 is 0 Å². The SMILES string of the molecule is CC(C)O[Si](C)(C)C1C=CC=C1. The Morgan fingerprint density at radius 3 is 2.08 bits per heavy atom. The molecule has 0 heterocycles. The molecule has 0 aliphatic heterocycles. The van der Waals surface area contributed by atoms with Crippen molar-refractivity contribution in [3.63, 3.8) is 0 Å². The lowest BCUT2D eigenvalue weighted by Crippen LogP contribution is -2.37. The summed E-state index contributed by atoms with van der Waals surface area (Å²) in [6, 6.07) is 0. The molecular weight excluding hydrogens is 164 g/mol. The summed E-state index contributed by atoms with van der Waals surface area (Å²) in [6.45, 7) is 8.77. The first-order valence-electron chi connectivity index (χ1n) is 4.55. The zero-order valence-corrected chi connectivity index (χ0v) is 9.37. The Hall–Kier alpha value is -0.343. The predicted octanol–water partition coefficient (Wildman–Crippen LogP) is 3.11. The monoisotopic (exact) mass is 182 g/mol. The maximum atomic E-state index is 5.96. The lowest BCUT2D eigenvalue weighted by molar-refractivity contribution is 0.230. The van der Waals surface area contributed by atoms with Crippen molar-refractivity contribution >= 4 is 8.32 Å². The molecule has 12 heavy (non-hydrogen) atoms. The van der Waals surface area contributed by atoms with Crippen LogP contribution < -0.4 is 0 Å². The molecule has 0 atom stereocenters. The van der Waals surface area contributed by atoms with Crippen molar-refractivity contribution < 1.29 is 4.43 Å². The number of hydrogen-bond acceptors (Lipinski definition) is 1. The van der Waals surface area contributed by atoms with Crippen LogP contribution in [0.3, 0.4) is 0 Å². The van der Waals surface area contributed by atoms with Crippen molar-refractivity contribution in [2.45, 2.75) is 38.6 Å². The van der Waals surface area contributed by atoms with Gasteiger partial charge in [0.15, 0.2) is 8.32 Å². The van der Waals surface area contributed by atoms with Gasteiger partial charge in [0.2, 0.25) is 0 Å². The van der Waals surface area contributed by atoms with Gasteiger partial charge in [-0.1, -0.05) is 24.3 Å². The molecule has 0 saturated carbocycles. The van der Waals surface area contributed by atoms with Crippen molar-refractivity contribution in [3.05, 3.63) is 24.3 Å². The second-order valence-electron chi connectivity index (χ2n) is 4.07. The molecular formula is C10H18OSi. The van der Waals surface area contributed by atoms with Crippen LogP contribution in [0.2, 0.25) is 18.6 Å². The quantitative estimate of drug-likeness (QED) is 0.609. The highest BCUT2D eigenvalue weighted by atomic mass is 28.4. The van der Waals surface area contributed by atoms with E-state index in [1.807, 2.05) is 0 Å². The van der Waals surface area contributed by atoms with Crippen LogP contribution in [0.15, 0.2) is 24.3 Å². The summed E-state index contributed by atoms with van der Waals surface area (Å²) in [5.41, 5.74) is 0.569. The van der Waals surface area contributed by atoms with Crippen LogP contribution in [0.4, 0.5) is 0 Å². The first-order chi connectivity index (χ1) is 5.52. The fourth-order valence-electron chi connectivity index (χ4n) is 1.58. The lowest BCUT2D eigenvalue weighted by Gasteiger charge is -2.29. The van der Waals surface area contributed by atoms with Crippen LogP contribution in [0.1, 0.15) is 13.8 Å². The molecule has 68 valence electrons. The Labute approximate surface area is 76.3 Å². The summed E-state index contributed by atoms with van der Waals surface area (Å²) in [6.07, 6.45) is 9.07. The van der Waals surface area contributed by atoms with E-state index in [0.717, 1.165) is 0 Å². The highest BCUT2D eigenvalue weighted by molar-refractivity contribution is 6.73. The molecule has 0 unspecified atom stereocenters. The van der Waals surface area contributed by atoms with Gasteiger partial charge in [0.25, 0.3) is 0 Å². The van der Waals surface area contributed by atoms with Crippen LogP contribution in [-0.2, 0) is 4.43 Å². The fourth-order valence-corrected chi connectivity index (χ4v) is 4.10. The molecule has 1 aliphatic carbocycles. The van der Waals surface area contributed by atoms with E-state index in [4.69, 9.17) is 4.43 Å². The largest absolute Gasteiger partial charge is 0.414 e. The summed E-state index contributed by atoms with van der Waals surface area (Å²) in [5, 5.41) is 0. The molecule has 2 heteroatoms. The maximum absolute atomic E-state index is 5.96. The second kappa shape index (κ2) is 3.58. The van der Waals surface area contributed by atoms with Gasteiger partial charge in [0, 0.05) is 11.6 Å². The van der Waals surface area contributed by atoms with E-state index in [1.165, 1.54) is 0 Å². The van der Waals surface area contributed by atoms with Crippen LogP contribution in [0.5, 0.6) is 0 Å². The molecule has 0 N–H and O–H groups in total. The number of hydrogen-bond donors (Lipinski definition) is 0. The Morgan fingerprint density at radius 1 is 1.17 bits per heavy atom. The first-order valence-corrected chi connectivity index (χ1v) is 7.54. The van der Waals surface area contributed by atoms with E-state index in [0.29, 0.717) is 11.6 Å². The summed E-state index contributed by atoms with van der Waals surface area (Å²) in [5.74, 6) is 0. The van der Waals surface area contributed by atoms with Crippen LogP contribution in [0, 0.1) is 0 Å². The second-order valence-corrected chi connectivity index (χ2v) is 8.17. The highest BCUT2D eigenvalue weighted by Crippen LogP contribution is 2.29. The van der Waals surface area contributed by atoms with E-state index in [9.17, 15) is 0 Å². The molecule has 0 radical (unpaired) electrons. The van der Waals surface area contributed by atoms with Gasteiger partial charge in [-0.25, -0.2) is 0 Å². The predicted molar refractivity (Wildman–Crippen MR) is 55.7 cm³/mol. The highest BCUT2D eigenvalue weighted by Gasteiger charge is 2.31. The van der Waals surface area contributed by atoms with E-state index in [1.54, 1.807) is 0 Å². The molecule has 0 saturated heterocycles. The van der Waals surface area contributed by atoms with Gasteiger partial charge in [-0.15, -0.1) is 0 Å². The van der Waals surface area contributed by atoms with Gasteiger partial charge >= 0.3 is 0 Å². The standard InChI is InChI=1S/C10H18OSi/c1-9(2)11-12(3,4)10-7-5-6-8-10/h5-10H,1-4H3. The summed E-state index contributed by atoms with van der Waals surface area (Å²) >= 11 is 0. The maximum Gasteiger partial charge on any atom is 0.197 e. The number of rotatable bonds is 3. The van der Waals surface area contributed by atoms with E-state index < -0.39 is 8.32 Å².